The van der Waals surface area contributed by atoms with Gasteiger partial charge in [-0.25, -0.2) is 4.98 Å². The number of nitrogens with zero attached hydrogens (tertiary/aromatic N) is 4. The molecule has 1 aliphatic carbocycles. The molecule has 1 saturated heterocycles. The standard InChI is InChI=1S/C19H27N5O2S/c1-2-14-12-15-16(21-19(20-6-11-25)22-17(15)27-14)23-7-9-24(10-8-23)18(26)13-4-3-5-13/h12-13,25H,2-11H2,1H3,(H,20,21,22). The Bertz CT molecular complexity index is 812. The molecule has 8 heteroatoms. The second-order valence-electron chi connectivity index (χ2n) is 7.25. The molecule has 0 atom stereocenters. The summed E-state index contributed by atoms with van der Waals surface area (Å²) in [5, 5.41) is 13.3. The van der Waals surface area contributed by atoms with E-state index in [1.54, 1.807) is 11.3 Å². The molecule has 3 heterocycles. The zero-order valence-corrected chi connectivity index (χ0v) is 16.6. The third-order valence-electron chi connectivity index (χ3n) is 5.51. The minimum atomic E-state index is 0.0450. The molecule has 1 aliphatic heterocycles. The number of hydrogen-bond donors (Lipinski definition) is 2. The zero-order chi connectivity index (χ0) is 18.8. The van der Waals surface area contributed by atoms with E-state index >= 15 is 0 Å². The molecule has 0 aromatic carbocycles. The molecule has 2 aromatic heterocycles. The lowest BCUT2D eigenvalue weighted by atomic mass is 9.84. The lowest BCUT2D eigenvalue weighted by Gasteiger charge is -2.38. The maximum Gasteiger partial charge on any atom is 0.226 e. The second kappa shape index (κ2) is 7.98. The lowest BCUT2D eigenvalue weighted by molar-refractivity contribution is -0.138. The predicted octanol–water partition coefficient (Wildman–Crippen LogP) is 2.11. The van der Waals surface area contributed by atoms with Crippen molar-refractivity contribution in [3.05, 3.63) is 10.9 Å². The Labute approximate surface area is 163 Å². The van der Waals surface area contributed by atoms with E-state index in [-0.39, 0.29) is 12.5 Å². The molecule has 1 saturated carbocycles. The van der Waals surface area contributed by atoms with Gasteiger partial charge in [0.2, 0.25) is 11.9 Å². The molecule has 4 rings (SSSR count). The van der Waals surface area contributed by atoms with Crippen LogP contribution in [0.4, 0.5) is 11.8 Å². The summed E-state index contributed by atoms with van der Waals surface area (Å²) < 4.78 is 0. The molecule has 2 fully saturated rings. The Hall–Kier alpha value is -1.93. The molecule has 0 radical (unpaired) electrons. The molecule has 7 nitrogen and oxygen atoms in total. The molecule has 1 amide bonds. The van der Waals surface area contributed by atoms with Crippen molar-refractivity contribution < 1.29 is 9.90 Å². The number of hydrogen-bond acceptors (Lipinski definition) is 7. The van der Waals surface area contributed by atoms with Gasteiger partial charge in [0.05, 0.1) is 12.0 Å². The van der Waals surface area contributed by atoms with Gasteiger partial charge < -0.3 is 20.2 Å². The Morgan fingerprint density at radius 2 is 2.07 bits per heavy atom. The van der Waals surface area contributed by atoms with Gasteiger partial charge in [-0.05, 0) is 25.3 Å². The average molecular weight is 390 g/mol. The predicted molar refractivity (Wildman–Crippen MR) is 109 cm³/mol. The molecular formula is C19H27N5O2S. The number of nitrogens with one attached hydrogen (secondary N) is 1. The molecule has 0 bridgehead atoms. The van der Waals surface area contributed by atoms with Crippen LogP contribution in [0.25, 0.3) is 10.2 Å². The van der Waals surface area contributed by atoms with Crippen molar-refractivity contribution in [1.82, 2.24) is 14.9 Å². The van der Waals surface area contributed by atoms with Crippen LogP contribution in [0.2, 0.25) is 0 Å². The Morgan fingerprint density at radius 3 is 2.70 bits per heavy atom. The van der Waals surface area contributed by atoms with Crippen molar-refractivity contribution in [2.75, 3.05) is 49.5 Å². The number of fused-ring (bicyclic) bond motifs is 1. The van der Waals surface area contributed by atoms with Crippen LogP contribution in [0.3, 0.4) is 0 Å². The maximum absolute atomic E-state index is 12.5. The SMILES string of the molecule is CCc1cc2c(N3CCN(C(=O)C4CCC4)CC3)nc(NCCO)nc2s1. The number of aromatic nitrogens is 2. The summed E-state index contributed by atoms with van der Waals surface area (Å²) in [6, 6.07) is 2.19. The molecule has 2 aromatic rings. The number of anilines is 2. The van der Waals surface area contributed by atoms with E-state index in [4.69, 9.17) is 10.1 Å². The second-order valence-corrected chi connectivity index (χ2v) is 8.36. The monoisotopic (exact) mass is 389 g/mol. The third-order valence-corrected chi connectivity index (χ3v) is 6.69. The fraction of sp³-hybridized carbons (Fsp3) is 0.632. The van der Waals surface area contributed by atoms with Gasteiger partial charge >= 0.3 is 0 Å². The zero-order valence-electron chi connectivity index (χ0n) is 15.8. The number of thiophene rings is 1. The first-order chi connectivity index (χ1) is 13.2. The summed E-state index contributed by atoms with van der Waals surface area (Å²) in [7, 11) is 0. The van der Waals surface area contributed by atoms with E-state index in [2.05, 4.69) is 28.2 Å². The van der Waals surface area contributed by atoms with Crippen LogP contribution in [0.5, 0.6) is 0 Å². The highest BCUT2D eigenvalue weighted by Gasteiger charge is 2.31. The van der Waals surface area contributed by atoms with E-state index < -0.39 is 0 Å². The number of rotatable bonds is 6. The van der Waals surface area contributed by atoms with E-state index in [9.17, 15) is 4.79 Å². The van der Waals surface area contributed by atoms with Gasteiger partial charge in [-0.2, -0.15) is 4.98 Å². The van der Waals surface area contributed by atoms with Crippen LogP contribution in [-0.2, 0) is 11.2 Å². The summed E-state index contributed by atoms with van der Waals surface area (Å²) in [5.74, 6) is 2.10. The number of carbonyl (C=O) groups is 1. The lowest BCUT2D eigenvalue weighted by Crippen LogP contribution is -2.51. The number of amides is 1. The first kappa shape index (κ1) is 18.4. The molecule has 0 spiro atoms. The minimum absolute atomic E-state index is 0.0450. The summed E-state index contributed by atoms with van der Waals surface area (Å²) in [4.78, 5) is 28.4. The number of carbonyl (C=O) groups excluding carboxylic acids is 1. The first-order valence-electron chi connectivity index (χ1n) is 9.88. The van der Waals surface area contributed by atoms with Gasteiger partial charge in [-0.1, -0.05) is 13.3 Å². The van der Waals surface area contributed by atoms with Crippen LogP contribution in [0, 0.1) is 5.92 Å². The van der Waals surface area contributed by atoms with Crippen LogP contribution in [-0.4, -0.2) is 65.2 Å². The number of aliphatic hydroxyl groups excluding tert-OH is 1. The fourth-order valence-corrected chi connectivity index (χ4v) is 4.63. The maximum atomic E-state index is 12.5. The van der Waals surface area contributed by atoms with E-state index in [1.165, 1.54) is 11.3 Å². The van der Waals surface area contributed by atoms with Gasteiger partial charge in [-0.3, -0.25) is 4.79 Å². The highest BCUT2D eigenvalue weighted by molar-refractivity contribution is 7.18. The molecular weight excluding hydrogens is 362 g/mol. The largest absolute Gasteiger partial charge is 0.395 e. The molecule has 146 valence electrons. The molecule has 27 heavy (non-hydrogen) atoms. The number of piperazine rings is 1. The van der Waals surface area contributed by atoms with Crippen LogP contribution < -0.4 is 10.2 Å². The Balaban J connectivity index is 1.55. The van der Waals surface area contributed by atoms with E-state index in [0.717, 1.165) is 61.5 Å². The number of aliphatic hydroxyl groups is 1. The third kappa shape index (κ3) is 3.73. The highest BCUT2D eigenvalue weighted by atomic mass is 32.1. The Kier molecular flexibility index (Phi) is 5.45. The highest BCUT2D eigenvalue weighted by Crippen LogP contribution is 2.33. The Morgan fingerprint density at radius 1 is 1.30 bits per heavy atom. The quantitative estimate of drug-likeness (QED) is 0.788. The van der Waals surface area contributed by atoms with Crippen LogP contribution in [0.1, 0.15) is 31.1 Å². The van der Waals surface area contributed by atoms with Crippen molar-refractivity contribution in [1.29, 1.82) is 0 Å². The number of aryl methyl sites for hydroxylation is 1. The smallest absolute Gasteiger partial charge is 0.226 e. The van der Waals surface area contributed by atoms with Gasteiger partial charge in [0, 0.05) is 43.5 Å². The van der Waals surface area contributed by atoms with Crippen LogP contribution in [0.15, 0.2) is 6.07 Å². The van der Waals surface area contributed by atoms with Gasteiger partial charge in [0.15, 0.2) is 0 Å². The van der Waals surface area contributed by atoms with Crippen molar-refractivity contribution in [2.45, 2.75) is 32.6 Å². The van der Waals surface area contributed by atoms with E-state index in [1.807, 2.05) is 4.90 Å². The fourth-order valence-electron chi connectivity index (χ4n) is 3.67. The van der Waals surface area contributed by atoms with Gasteiger partial charge in [-0.15, -0.1) is 11.3 Å². The topological polar surface area (TPSA) is 81.6 Å². The molecule has 0 unspecified atom stereocenters. The van der Waals surface area contributed by atoms with Gasteiger partial charge in [0.1, 0.15) is 10.6 Å². The summed E-state index contributed by atoms with van der Waals surface area (Å²) >= 11 is 1.70. The van der Waals surface area contributed by atoms with Crippen LogP contribution >= 0.6 is 11.3 Å². The van der Waals surface area contributed by atoms with Gasteiger partial charge in [0.25, 0.3) is 0 Å². The first-order valence-corrected chi connectivity index (χ1v) is 10.7. The van der Waals surface area contributed by atoms with Crippen molar-refractivity contribution >= 4 is 39.2 Å². The summed E-state index contributed by atoms with van der Waals surface area (Å²) in [6.07, 6.45) is 4.28. The van der Waals surface area contributed by atoms with Crippen molar-refractivity contribution in [3.8, 4) is 0 Å². The normalized spacial score (nSPS) is 18.0. The summed E-state index contributed by atoms with van der Waals surface area (Å²) in [5.41, 5.74) is 0. The summed E-state index contributed by atoms with van der Waals surface area (Å²) in [6.45, 7) is 5.72. The van der Waals surface area contributed by atoms with Crippen molar-refractivity contribution in [2.24, 2.45) is 5.92 Å². The average Bonchev–Trinajstić information content (AvgIpc) is 3.07. The molecule has 2 N–H and O–H groups in total. The van der Waals surface area contributed by atoms with Crippen molar-refractivity contribution in [3.63, 3.8) is 0 Å². The van der Waals surface area contributed by atoms with E-state index in [0.29, 0.717) is 18.4 Å². The minimum Gasteiger partial charge on any atom is -0.395 e. The molecule has 2 aliphatic rings.